The largest absolute Gasteiger partial charge is 0.452 e. The Morgan fingerprint density at radius 2 is 1.89 bits per heavy atom. The molecule has 0 saturated heterocycles. The van der Waals surface area contributed by atoms with Gasteiger partial charge in [0, 0.05) is 11.0 Å². The highest BCUT2D eigenvalue weighted by Crippen LogP contribution is 2.30. The molecule has 0 aliphatic heterocycles. The third-order valence-corrected chi connectivity index (χ3v) is 4.87. The number of benzene rings is 2. The summed E-state index contributed by atoms with van der Waals surface area (Å²) in [5.41, 5.74) is 1.69. The normalized spacial score (nSPS) is 10.3. The Bertz CT molecular complexity index is 882. The number of nitro groups is 1. The smallest absolute Gasteiger partial charge is 0.339 e. The number of anilines is 1. The lowest BCUT2D eigenvalue weighted by Crippen LogP contribution is -2.22. The van der Waals surface area contributed by atoms with Crippen LogP contribution in [0.1, 0.15) is 28.4 Å². The van der Waals surface area contributed by atoms with Crippen molar-refractivity contribution in [3.63, 3.8) is 0 Å². The number of thioether (sulfide) groups is 1. The first-order valence-electron chi connectivity index (χ1n) is 8.28. The van der Waals surface area contributed by atoms with E-state index in [9.17, 15) is 19.7 Å². The molecule has 0 aliphatic rings. The molecule has 2 aromatic rings. The zero-order valence-electron chi connectivity index (χ0n) is 15.3. The molecule has 2 rings (SSSR count). The minimum absolute atomic E-state index is 0.114. The summed E-state index contributed by atoms with van der Waals surface area (Å²) in [6.07, 6.45) is 0. The highest BCUT2D eigenvalue weighted by atomic mass is 32.2. The monoisotopic (exact) mass is 388 g/mol. The van der Waals surface area contributed by atoms with Crippen LogP contribution in [0.3, 0.4) is 0 Å². The summed E-state index contributed by atoms with van der Waals surface area (Å²) in [7, 11) is 0. The van der Waals surface area contributed by atoms with Crippen LogP contribution in [0.5, 0.6) is 0 Å². The van der Waals surface area contributed by atoms with E-state index >= 15 is 0 Å². The number of nitrogens with zero attached hydrogens (tertiary/aromatic N) is 1. The topological polar surface area (TPSA) is 98.5 Å². The fraction of sp³-hybridized carbons (Fsp3) is 0.263. The lowest BCUT2D eigenvalue weighted by atomic mass is 10.1. The van der Waals surface area contributed by atoms with Crippen molar-refractivity contribution >= 4 is 35.0 Å². The molecule has 0 saturated carbocycles. The Hall–Kier alpha value is -2.87. The molecule has 0 fully saturated rings. The molecule has 0 atom stereocenters. The maximum atomic E-state index is 12.3. The fourth-order valence-electron chi connectivity index (χ4n) is 2.41. The Labute approximate surface area is 161 Å². The molecule has 1 amide bonds. The van der Waals surface area contributed by atoms with Gasteiger partial charge < -0.3 is 10.1 Å². The summed E-state index contributed by atoms with van der Waals surface area (Å²) in [5, 5.41) is 13.7. The van der Waals surface area contributed by atoms with Crippen LogP contribution in [0, 0.1) is 24.0 Å². The Morgan fingerprint density at radius 1 is 1.19 bits per heavy atom. The first-order chi connectivity index (χ1) is 12.8. The number of amides is 1. The van der Waals surface area contributed by atoms with Gasteiger partial charge in [-0.3, -0.25) is 14.9 Å². The van der Waals surface area contributed by atoms with Crippen molar-refractivity contribution in [1.29, 1.82) is 0 Å². The van der Waals surface area contributed by atoms with Gasteiger partial charge in [-0.1, -0.05) is 25.1 Å². The molecule has 142 valence electrons. The van der Waals surface area contributed by atoms with E-state index in [1.807, 2.05) is 19.1 Å². The lowest BCUT2D eigenvalue weighted by molar-refractivity contribution is -0.384. The van der Waals surface area contributed by atoms with Crippen molar-refractivity contribution in [3.05, 3.63) is 63.2 Å². The molecule has 0 aromatic heterocycles. The van der Waals surface area contributed by atoms with Gasteiger partial charge in [0.15, 0.2) is 6.61 Å². The van der Waals surface area contributed by atoms with Gasteiger partial charge in [-0.05, 0) is 42.9 Å². The van der Waals surface area contributed by atoms with Gasteiger partial charge in [0.2, 0.25) is 0 Å². The van der Waals surface area contributed by atoms with Gasteiger partial charge in [0.25, 0.3) is 11.6 Å². The zero-order chi connectivity index (χ0) is 20.0. The maximum absolute atomic E-state index is 12.3. The van der Waals surface area contributed by atoms with E-state index < -0.39 is 23.4 Å². The van der Waals surface area contributed by atoms with Gasteiger partial charge in [-0.2, -0.15) is 0 Å². The van der Waals surface area contributed by atoms with Gasteiger partial charge in [-0.25, -0.2) is 4.79 Å². The summed E-state index contributed by atoms with van der Waals surface area (Å²) in [6.45, 7) is 4.91. The number of hydrogen-bond donors (Lipinski definition) is 1. The summed E-state index contributed by atoms with van der Waals surface area (Å²) >= 11 is 1.50. The van der Waals surface area contributed by atoms with Crippen molar-refractivity contribution in [1.82, 2.24) is 0 Å². The zero-order valence-corrected chi connectivity index (χ0v) is 16.1. The van der Waals surface area contributed by atoms with Crippen molar-refractivity contribution in [2.24, 2.45) is 0 Å². The summed E-state index contributed by atoms with van der Waals surface area (Å²) in [5.74, 6) is -0.459. The molecular formula is C19H20N2O5S. The number of rotatable bonds is 7. The third-order valence-electron chi connectivity index (χ3n) is 3.92. The molecule has 0 bridgehead atoms. The second-order valence-electron chi connectivity index (χ2n) is 5.71. The Kier molecular flexibility index (Phi) is 6.95. The number of carbonyl (C=O) groups excluding carboxylic acids is 2. The number of aryl methyl sites for hydroxylation is 1. The molecule has 1 N–H and O–H groups in total. The number of ether oxygens (including phenoxy) is 1. The summed E-state index contributed by atoms with van der Waals surface area (Å²) in [4.78, 5) is 35.8. The van der Waals surface area contributed by atoms with Crippen LogP contribution in [0.2, 0.25) is 0 Å². The van der Waals surface area contributed by atoms with Crippen LogP contribution in [-0.2, 0) is 9.53 Å². The van der Waals surface area contributed by atoms with E-state index in [0.717, 1.165) is 16.2 Å². The van der Waals surface area contributed by atoms with Crippen LogP contribution in [-0.4, -0.2) is 29.2 Å². The standard InChI is InChI=1S/C19H20N2O5S/c1-4-27-16-8-6-5-7-14(16)19(23)26-11-17(22)20-18-13(3)12(2)9-10-15(18)21(24)25/h5-10H,4,11H2,1-3H3,(H,20,22). The van der Waals surface area contributed by atoms with Crippen LogP contribution in [0.25, 0.3) is 0 Å². The highest BCUT2D eigenvalue weighted by molar-refractivity contribution is 7.99. The fourth-order valence-corrected chi connectivity index (χ4v) is 3.21. The van der Waals surface area contributed by atoms with Gasteiger partial charge >= 0.3 is 5.97 Å². The van der Waals surface area contributed by atoms with E-state index in [4.69, 9.17) is 4.74 Å². The average Bonchev–Trinajstić information content (AvgIpc) is 2.64. The second kappa shape index (κ2) is 9.18. The first kappa shape index (κ1) is 20.4. The number of carbonyl (C=O) groups is 2. The summed E-state index contributed by atoms with van der Waals surface area (Å²) in [6, 6.07) is 9.93. The molecule has 0 aliphatic carbocycles. The molecule has 0 unspecified atom stereocenters. The molecule has 0 radical (unpaired) electrons. The van der Waals surface area contributed by atoms with E-state index in [1.54, 1.807) is 32.0 Å². The maximum Gasteiger partial charge on any atom is 0.339 e. The number of esters is 1. The van der Waals surface area contributed by atoms with Crippen LogP contribution in [0.4, 0.5) is 11.4 Å². The van der Waals surface area contributed by atoms with Crippen molar-refractivity contribution < 1.29 is 19.2 Å². The van der Waals surface area contributed by atoms with Gasteiger partial charge in [-0.15, -0.1) is 11.8 Å². The highest BCUT2D eigenvalue weighted by Gasteiger charge is 2.20. The number of nitro benzene ring substituents is 1. The van der Waals surface area contributed by atoms with Gasteiger partial charge in [0.05, 0.1) is 10.5 Å². The minimum atomic E-state index is -0.638. The molecular weight excluding hydrogens is 368 g/mol. The Morgan fingerprint density at radius 3 is 2.56 bits per heavy atom. The van der Waals surface area contributed by atoms with Crippen LogP contribution < -0.4 is 5.32 Å². The SMILES string of the molecule is CCSc1ccccc1C(=O)OCC(=O)Nc1c([N+](=O)[O-])ccc(C)c1C. The van der Waals surface area contributed by atoms with Gasteiger partial charge in [0.1, 0.15) is 5.69 Å². The number of nitrogens with one attached hydrogen (secondary N) is 1. The van der Waals surface area contributed by atoms with E-state index in [0.29, 0.717) is 11.1 Å². The van der Waals surface area contributed by atoms with Crippen molar-refractivity contribution in [2.75, 3.05) is 17.7 Å². The molecule has 2 aromatic carbocycles. The van der Waals surface area contributed by atoms with Crippen molar-refractivity contribution in [3.8, 4) is 0 Å². The minimum Gasteiger partial charge on any atom is -0.452 e. The lowest BCUT2D eigenvalue weighted by Gasteiger charge is -2.12. The molecule has 0 heterocycles. The molecule has 8 heteroatoms. The second-order valence-corrected chi connectivity index (χ2v) is 7.02. The van der Waals surface area contributed by atoms with Crippen LogP contribution >= 0.6 is 11.8 Å². The predicted octanol–water partition coefficient (Wildman–Crippen LogP) is 4.12. The molecule has 27 heavy (non-hydrogen) atoms. The van der Waals surface area contributed by atoms with Crippen LogP contribution in [0.15, 0.2) is 41.3 Å². The van der Waals surface area contributed by atoms with E-state index in [-0.39, 0.29) is 11.4 Å². The Balaban J connectivity index is 2.09. The van der Waals surface area contributed by atoms with E-state index in [1.165, 1.54) is 17.8 Å². The number of hydrogen-bond acceptors (Lipinski definition) is 6. The van der Waals surface area contributed by atoms with E-state index in [2.05, 4.69) is 5.32 Å². The average molecular weight is 388 g/mol. The molecule has 0 spiro atoms. The quantitative estimate of drug-likeness (QED) is 0.332. The third kappa shape index (κ3) is 5.07. The predicted molar refractivity (Wildman–Crippen MR) is 104 cm³/mol. The summed E-state index contributed by atoms with van der Waals surface area (Å²) < 4.78 is 5.09. The van der Waals surface area contributed by atoms with Crippen molar-refractivity contribution in [2.45, 2.75) is 25.7 Å². The first-order valence-corrected chi connectivity index (χ1v) is 9.27. The molecule has 7 nitrogen and oxygen atoms in total.